The summed E-state index contributed by atoms with van der Waals surface area (Å²) in [5.41, 5.74) is 0.230. The maximum atomic E-state index is 11.4. The van der Waals surface area contributed by atoms with E-state index in [4.69, 9.17) is 4.74 Å². The van der Waals surface area contributed by atoms with E-state index < -0.39 is 5.97 Å². The standard InChI is InChI=1S/C12H17N3O3/c1-15(9-3-5-18-6-4-9)11-8-13-7-10(14-11)12(16)17-2/h7-9H,3-6H2,1-2H3. The van der Waals surface area contributed by atoms with E-state index in [1.165, 1.54) is 13.3 Å². The van der Waals surface area contributed by atoms with Crippen molar-refractivity contribution in [2.45, 2.75) is 18.9 Å². The number of esters is 1. The number of methoxy groups -OCH3 is 1. The molecule has 0 atom stereocenters. The number of rotatable bonds is 3. The van der Waals surface area contributed by atoms with Gasteiger partial charge in [-0.05, 0) is 12.8 Å². The molecule has 6 heteroatoms. The van der Waals surface area contributed by atoms with Gasteiger partial charge in [-0.3, -0.25) is 4.98 Å². The van der Waals surface area contributed by atoms with Crippen molar-refractivity contribution in [3.63, 3.8) is 0 Å². The summed E-state index contributed by atoms with van der Waals surface area (Å²) in [6, 6.07) is 0.376. The maximum Gasteiger partial charge on any atom is 0.358 e. The van der Waals surface area contributed by atoms with Gasteiger partial charge in [0.2, 0.25) is 0 Å². The van der Waals surface area contributed by atoms with Crippen LogP contribution in [-0.2, 0) is 9.47 Å². The molecule has 0 saturated carbocycles. The lowest BCUT2D eigenvalue weighted by Crippen LogP contribution is -2.37. The van der Waals surface area contributed by atoms with Crippen LogP contribution >= 0.6 is 0 Å². The first kappa shape index (κ1) is 12.8. The Morgan fingerprint density at radius 1 is 1.44 bits per heavy atom. The smallest absolute Gasteiger partial charge is 0.358 e. The molecule has 2 rings (SSSR count). The second kappa shape index (κ2) is 5.77. The topological polar surface area (TPSA) is 64.5 Å². The molecule has 1 aromatic rings. The molecule has 0 N–H and O–H groups in total. The SMILES string of the molecule is COC(=O)c1cncc(N(C)C2CCOCC2)n1. The maximum absolute atomic E-state index is 11.4. The van der Waals surface area contributed by atoms with Crippen LogP contribution in [0.25, 0.3) is 0 Å². The molecule has 0 radical (unpaired) electrons. The Kier molecular flexibility index (Phi) is 4.09. The fraction of sp³-hybridized carbons (Fsp3) is 0.583. The van der Waals surface area contributed by atoms with Crippen LogP contribution < -0.4 is 4.90 Å². The van der Waals surface area contributed by atoms with Crippen LogP contribution in [0.2, 0.25) is 0 Å². The highest BCUT2D eigenvalue weighted by molar-refractivity contribution is 5.87. The molecule has 1 aliphatic heterocycles. The Bertz CT molecular complexity index is 419. The molecular formula is C12H17N3O3. The fourth-order valence-corrected chi connectivity index (χ4v) is 1.99. The van der Waals surface area contributed by atoms with Gasteiger partial charge in [-0.15, -0.1) is 0 Å². The fourth-order valence-electron chi connectivity index (χ4n) is 1.99. The van der Waals surface area contributed by atoms with Gasteiger partial charge in [0, 0.05) is 26.3 Å². The zero-order chi connectivity index (χ0) is 13.0. The number of ether oxygens (including phenoxy) is 2. The van der Waals surface area contributed by atoms with Crippen LogP contribution in [0, 0.1) is 0 Å². The van der Waals surface area contributed by atoms with E-state index in [9.17, 15) is 4.79 Å². The van der Waals surface area contributed by atoms with E-state index in [0.29, 0.717) is 11.9 Å². The normalized spacial score (nSPS) is 16.3. The predicted molar refractivity (Wildman–Crippen MR) is 65.6 cm³/mol. The molecule has 2 heterocycles. The zero-order valence-corrected chi connectivity index (χ0v) is 10.6. The molecule has 0 aromatic carbocycles. The van der Waals surface area contributed by atoms with E-state index >= 15 is 0 Å². The van der Waals surface area contributed by atoms with Gasteiger partial charge in [0.1, 0.15) is 5.82 Å². The Hall–Kier alpha value is -1.69. The van der Waals surface area contributed by atoms with Gasteiger partial charge < -0.3 is 14.4 Å². The molecule has 6 nitrogen and oxygen atoms in total. The van der Waals surface area contributed by atoms with E-state index in [2.05, 4.69) is 14.7 Å². The van der Waals surface area contributed by atoms with Crippen LogP contribution in [0.4, 0.5) is 5.82 Å². The van der Waals surface area contributed by atoms with Gasteiger partial charge in [0.05, 0.1) is 19.5 Å². The van der Waals surface area contributed by atoms with Crippen molar-refractivity contribution in [1.29, 1.82) is 0 Å². The minimum absolute atomic E-state index is 0.230. The summed E-state index contributed by atoms with van der Waals surface area (Å²) in [6.07, 6.45) is 4.98. The first-order valence-corrected chi connectivity index (χ1v) is 5.93. The van der Waals surface area contributed by atoms with Crippen molar-refractivity contribution in [2.24, 2.45) is 0 Å². The third-order valence-electron chi connectivity index (χ3n) is 3.12. The number of nitrogens with zero attached hydrogens (tertiary/aromatic N) is 3. The Balaban J connectivity index is 2.14. The third kappa shape index (κ3) is 2.76. The lowest BCUT2D eigenvalue weighted by molar-refractivity contribution is 0.0593. The van der Waals surface area contributed by atoms with Gasteiger partial charge in [-0.1, -0.05) is 0 Å². The molecular weight excluding hydrogens is 234 g/mol. The second-order valence-electron chi connectivity index (χ2n) is 4.21. The van der Waals surface area contributed by atoms with Crippen LogP contribution in [-0.4, -0.2) is 49.4 Å². The van der Waals surface area contributed by atoms with Gasteiger partial charge in [0.15, 0.2) is 5.69 Å². The highest BCUT2D eigenvalue weighted by Crippen LogP contribution is 2.18. The number of hydrogen-bond donors (Lipinski definition) is 0. The largest absolute Gasteiger partial charge is 0.464 e. The van der Waals surface area contributed by atoms with Gasteiger partial charge in [0.25, 0.3) is 0 Å². The van der Waals surface area contributed by atoms with E-state index in [1.807, 2.05) is 11.9 Å². The summed E-state index contributed by atoms with van der Waals surface area (Å²) in [5, 5.41) is 0. The second-order valence-corrected chi connectivity index (χ2v) is 4.21. The monoisotopic (exact) mass is 251 g/mol. The number of anilines is 1. The lowest BCUT2D eigenvalue weighted by Gasteiger charge is -2.31. The van der Waals surface area contributed by atoms with E-state index in [0.717, 1.165) is 26.1 Å². The van der Waals surface area contributed by atoms with E-state index in [1.54, 1.807) is 6.20 Å². The van der Waals surface area contributed by atoms with Crippen LogP contribution in [0.1, 0.15) is 23.3 Å². The van der Waals surface area contributed by atoms with Crippen molar-refractivity contribution in [1.82, 2.24) is 9.97 Å². The average Bonchev–Trinajstić information content (AvgIpc) is 2.46. The molecule has 0 unspecified atom stereocenters. The molecule has 0 spiro atoms. The molecule has 1 saturated heterocycles. The highest BCUT2D eigenvalue weighted by Gasteiger charge is 2.20. The Labute approximate surface area is 106 Å². The molecule has 18 heavy (non-hydrogen) atoms. The van der Waals surface area contributed by atoms with Crippen molar-refractivity contribution >= 4 is 11.8 Å². The van der Waals surface area contributed by atoms with Crippen molar-refractivity contribution in [3.05, 3.63) is 18.1 Å². The van der Waals surface area contributed by atoms with Crippen LogP contribution in [0.15, 0.2) is 12.4 Å². The molecule has 0 aliphatic carbocycles. The number of carbonyl (C=O) groups is 1. The Morgan fingerprint density at radius 3 is 2.83 bits per heavy atom. The molecule has 0 amide bonds. The van der Waals surface area contributed by atoms with Crippen LogP contribution in [0.3, 0.4) is 0 Å². The summed E-state index contributed by atoms with van der Waals surface area (Å²) in [5.74, 6) is 0.217. The molecule has 1 fully saturated rings. The predicted octanol–water partition coefficient (Wildman–Crippen LogP) is 0.878. The van der Waals surface area contributed by atoms with Gasteiger partial charge in [-0.25, -0.2) is 9.78 Å². The highest BCUT2D eigenvalue weighted by atomic mass is 16.5. The zero-order valence-electron chi connectivity index (χ0n) is 10.6. The molecule has 0 bridgehead atoms. The minimum Gasteiger partial charge on any atom is -0.464 e. The first-order chi connectivity index (χ1) is 8.72. The van der Waals surface area contributed by atoms with Gasteiger partial charge in [-0.2, -0.15) is 0 Å². The summed E-state index contributed by atoms with van der Waals surface area (Å²) >= 11 is 0. The number of aromatic nitrogens is 2. The van der Waals surface area contributed by atoms with Crippen LogP contribution in [0.5, 0.6) is 0 Å². The number of hydrogen-bond acceptors (Lipinski definition) is 6. The summed E-state index contributed by atoms with van der Waals surface area (Å²) in [6.45, 7) is 1.53. The van der Waals surface area contributed by atoms with Crippen molar-refractivity contribution < 1.29 is 14.3 Å². The van der Waals surface area contributed by atoms with Gasteiger partial charge >= 0.3 is 5.97 Å². The van der Waals surface area contributed by atoms with Crippen molar-refractivity contribution in [3.8, 4) is 0 Å². The third-order valence-corrected chi connectivity index (χ3v) is 3.12. The van der Waals surface area contributed by atoms with E-state index in [-0.39, 0.29) is 5.69 Å². The quantitative estimate of drug-likeness (QED) is 0.743. The minimum atomic E-state index is -0.468. The summed E-state index contributed by atoms with van der Waals surface area (Å²) < 4.78 is 9.96. The van der Waals surface area contributed by atoms with Crippen molar-refractivity contribution in [2.75, 3.05) is 32.3 Å². The molecule has 1 aromatic heterocycles. The summed E-state index contributed by atoms with van der Waals surface area (Å²) in [7, 11) is 3.29. The average molecular weight is 251 g/mol. The molecule has 98 valence electrons. The number of carbonyl (C=O) groups excluding carboxylic acids is 1. The first-order valence-electron chi connectivity index (χ1n) is 5.93. The summed E-state index contributed by atoms with van der Waals surface area (Å²) in [4.78, 5) is 21.7. The molecule has 1 aliphatic rings. The Morgan fingerprint density at radius 2 is 2.17 bits per heavy atom. The lowest BCUT2D eigenvalue weighted by atomic mass is 10.1.